The van der Waals surface area contributed by atoms with Crippen molar-refractivity contribution in [3.05, 3.63) is 36.0 Å². The lowest BCUT2D eigenvalue weighted by atomic mass is 10.1. The second-order valence-electron chi connectivity index (χ2n) is 3.98. The summed E-state index contributed by atoms with van der Waals surface area (Å²) in [6, 6.07) is 6.62. The highest BCUT2D eigenvalue weighted by atomic mass is 35.6. The number of methoxy groups -OCH3 is 1. The number of rotatable bonds is 5. The van der Waals surface area contributed by atoms with Crippen molar-refractivity contribution in [1.82, 2.24) is 5.32 Å². The lowest BCUT2D eigenvalue weighted by Crippen LogP contribution is -2.31. The standard InChI is InChI=1S/C14H14Cl3NO4/c1-3-22-12(19)11(8-18-13(20)14(15,16)17)9-4-6-10(21-2)7-5-9/h4-8H,3H2,1-2H3,(H,18,20)/b11-8+. The maximum atomic E-state index is 12.0. The first-order valence-corrected chi connectivity index (χ1v) is 7.32. The van der Waals surface area contributed by atoms with E-state index in [9.17, 15) is 9.59 Å². The van der Waals surface area contributed by atoms with Crippen LogP contribution in [0.25, 0.3) is 5.57 Å². The number of carbonyl (C=O) groups is 2. The molecule has 0 aromatic heterocycles. The lowest BCUT2D eigenvalue weighted by Gasteiger charge is -2.11. The van der Waals surface area contributed by atoms with E-state index in [1.165, 1.54) is 7.11 Å². The Morgan fingerprint density at radius 1 is 1.23 bits per heavy atom. The zero-order valence-corrected chi connectivity index (χ0v) is 14.1. The minimum absolute atomic E-state index is 0.118. The first-order chi connectivity index (χ1) is 10.3. The maximum absolute atomic E-state index is 12.0. The van der Waals surface area contributed by atoms with Gasteiger partial charge < -0.3 is 14.8 Å². The van der Waals surface area contributed by atoms with Crippen LogP contribution in [0.15, 0.2) is 30.5 Å². The van der Waals surface area contributed by atoms with Crippen LogP contribution in [-0.2, 0) is 14.3 Å². The van der Waals surface area contributed by atoms with Gasteiger partial charge in [0, 0.05) is 6.20 Å². The highest BCUT2D eigenvalue weighted by Gasteiger charge is 2.30. The van der Waals surface area contributed by atoms with Crippen LogP contribution in [0, 0.1) is 0 Å². The predicted octanol–water partition coefficient (Wildman–Crippen LogP) is 3.09. The summed E-state index contributed by atoms with van der Waals surface area (Å²) >= 11 is 16.4. The fraction of sp³-hybridized carbons (Fsp3) is 0.286. The first kappa shape index (κ1) is 18.6. The van der Waals surface area contributed by atoms with E-state index in [0.29, 0.717) is 11.3 Å². The third kappa shape index (κ3) is 5.40. The molecular formula is C14H14Cl3NO4. The Morgan fingerprint density at radius 2 is 1.82 bits per heavy atom. The molecule has 1 rings (SSSR count). The Balaban J connectivity index is 3.07. The fourth-order valence-corrected chi connectivity index (χ4v) is 1.62. The van der Waals surface area contributed by atoms with Gasteiger partial charge in [-0.2, -0.15) is 0 Å². The van der Waals surface area contributed by atoms with E-state index in [-0.39, 0.29) is 12.2 Å². The SMILES string of the molecule is CCOC(=O)/C(=C/NC(=O)C(Cl)(Cl)Cl)c1ccc(OC)cc1. The minimum Gasteiger partial charge on any atom is -0.497 e. The molecule has 5 nitrogen and oxygen atoms in total. The molecule has 0 aliphatic carbocycles. The van der Waals surface area contributed by atoms with Crippen molar-refractivity contribution in [2.45, 2.75) is 10.7 Å². The van der Waals surface area contributed by atoms with E-state index in [4.69, 9.17) is 44.3 Å². The smallest absolute Gasteiger partial charge is 0.340 e. The fourth-order valence-electron chi connectivity index (χ4n) is 1.46. The zero-order valence-electron chi connectivity index (χ0n) is 11.9. The van der Waals surface area contributed by atoms with E-state index in [1.807, 2.05) is 0 Å². The highest BCUT2D eigenvalue weighted by molar-refractivity contribution is 6.76. The molecule has 1 amide bonds. The van der Waals surface area contributed by atoms with Gasteiger partial charge in [0.15, 0.2) is 0 Å². The van der Waals surface area contributed by atoms with Gasteiger partial charge in [-0.3, -0.25) is 4.79 Å². The molecule has 22 heavy (non-hydrogen) atoms. The molecule has 0 bridgehead atoms. The largest absolute Gasteiger partial charge is 0.497 e. The number of benzene rings is 1. The number of hydrogen-bond acceptors (Lipinski definition) is 4. The number of ether oxygens (including phenoxy) is 2. The molecule has 0 fully saturated rings. The van der Waals surface area contributed by atoms with E-state index in [1.54, 1.807) is 31.2 Å². The molecule has 120 valence electrons. The molecule has 0 unspecified atom stereocenters. The van der Waals surface area contributed by atoms with E-state index >= 15 is 0 Å². The molecule has 1 aromatic carbocycles. The molecule has 0 aliphatic rings. The maximum Gasteiger partial charge on any atom is 0.340 e. The van der Waals surface area contributed by atoms with Crippen LogP contribution >= 0.6 is 34.8 Å². The van der Waals surface area contributed by atoms with Crippen molar-refractivity contribution in [2.24, 2.45) is 0 Å². The van der Waals surface area contributed by atoms with Gasteiger partial charge in [-0.25, -0.2) is 4.79 Å². The van der Waals surface area contributed by atoms with Gasteiger partial charge in [0.05, 0.1) is 19.3 Å². The van der Waals surface area contributed by atoms with E-state index in [2.05, 4.69) is 5.32 Å². The predicted molar refractivity (Wildman–Crippen MR) is 86.0 cm³/mol. The van der Waals surface area contributed by atoms with Gasteiger partial charge in [-0.05, 0) is 24.6 Å². The molecule has 0 saturated carbocycles. The molecule has 0 radical (unpaired) electrons. The van der Waals surface area contributed by atoms with Crippen LogP contribution in [0.5, 0.6) is 5.75 Å². The van der Waals surface area contributed by atoms with Crippen LogP contribution in [-0.4, -0.2) is 29.4 Å². The van der Waals surface area contributed by atoms with Gasteiger partial charge >= 0.3 is 5.97 Å². The van der Waals surface area contributed by atoms with Crippen molar-refractivity contribution in [2.75, 3.05) is 13.7 Å². The average Bonchev–Trinajstić information content (AvgIpc) is 2.47. The van der Waals surface area contributed by atoms with Crippen molar-refractivity contribution in [3.8, 4) is 5.75 Å². The second kappa shape index (κ2) is 8.27. The monoisotopic (exact) mass is 365 g/mol. The molecule has 8 heteroatoms. The number of carbonyl (C=O) groups excluding carboxylic acids is 2. The Labute approximate surface area is 143 Å². The molecule has 0 saturated heterocycles. The quantitative estimate of drug-likeness (QED) is 0.494. The molecule has 0 atom stereocenters. The van der Waals surface area contributed by atoms with E-state index < -0.39 is 15.7 Å². The zero-order chi connectivity index (χ0) is 16.8. The molecular weight excluding hydrogens is 353 g/mol. The lowest BCUT2D eigenvalue weighted by molar-refractivity contribution is -0.136. The summed E-state index contributed by atoms with van der Waals surface area (Å²) in [7, 11) is 1.53. The van der Waals surface area contributed by atoms with Crippen molar-refractivity contribution < 1.29 is 19.1 Å². The van der Waals surface area contributed by atoms with Gasteiger partial charge in [-0.1, -0.05) is 46.9 Å². The van der Waals surface area contributed by atoms with Gasteiger partial charge in [0.25, 0.3) is 9.70 Å². The first-order valence-electron chi connectivity index (χ1n) is 6.19. The highest BCUT2D eigenvalue weighted by Crippen LogP contribution is 2.26. The molecule has 1 N–H and O–H groups in total. The van der Waals surface area contributed by atoms with E-state index in [0.717, 1.165) is 6.20 Å². The summed E-state index contributed by atoms with van der Waals surface area (Å²) in [6.45, 7) is 1.86. The Hall–Kier alpha value is -1.43. The van der Waals surface area contributed by atoms with Crippen LogP contribution in [0.3, 0.4) is 0 Å². The van der Waals surface area contributed by atoms with Crippen molar-refractivity contribution >= 4 is 52.3 Å². The Bertz CT molecular complexity index is 564. The molecule has 0 heterocycles. The Kier molecular flexibility index (Phi) is 7.00. The van der Waals surface area contributed by atoms with Gasteiger partial charge in [0.1, 0.15) is 5.75 Å². The third-order valence-corrected chi connectivity index (χ3v) is 3.02. The number of hydrogen-bond donors (Lipinski definition) is 1. The summed E-state index contributed by atoms with van der Waals surface area (Å²) < 4.78 is 7.86. The average molecular weight is 367 g/mol. The second-order valence-corrected chi connectivity index (χ2v) is 6.26. The van der Waals surface area contributed by atoms with Crippen molar-refractivity contribution in [1.29, 1.82) is 0 Å². The summed E-state index contributed by atoms with van der Waals surface area (Å²) in [5, 5.41) is 2.26. The Morgan fingerprint density at radius 3 is 2.27 bits per heavy atom. The van der Waals surface area contributed by atoms with Crippen LogP contribution in [0.4, 0.5) is 0 Å². The van der Waals surface area contributed by atoms with Crippen LogP contribution in [0.2, 0.25) is 0 Å². The third-order valence-electron chi connectivity index (χ3n) is 2.50. The number of amides is 1. The summed E-state index contributed by atoms with van der Waals surface area (Å²) in [6.07, 6.45) is 1.14. The number of alkyl halides is 3. The minimum atomic E-state index is -2.13. The number of nitrogens with one attached hydrogen (secondary N) is 1. The number of halogens is 3. The number of esters is 1. The van der Waals surface area contributed by atoms with Gasteiger partial charge in [0.2, 0.25) is 0 Å². The van der Waals surface area contributed by atoms with Crippen LogP contribution in [0.1, 0.15) is 12.5 Å². The summed E-state index contributed by atoms with van der Waals surface area (Å²) in [5.74, 6) is -0.873. The normalized spacial score (nSPS) is 11.8. The molecule has 1 aromatic rings. The van der Waals surface area contributed by atoms with Crippen LogP contribution < -0.4 is 10.1 Å². The summed E-state index contributed by atoms with van der Waals surface area (Å²) in [5.41, 5.74) is 0.635. The molecule has 0 aliphatic heterocycles. The summed E-state index contributed by atoms with van der Waals surface area (Å²) in [4.78, 5) is 23.5. The van der Waals surface area contributed by atoms with Gasteiger partial charge in [-0.15, -0.1) is 0 Å². The topological polar surface area (TPSA) is 64.6 Å². The van der Waals surface area contributed by atoms with Crippen molar-refractivity contribution in [3.63, 3.8) is 0 Å². The molecule has 0 spiro atoms.